The van der Waals surface area contributed by atoms with Crippen LogP contribution < -0.4 is 4.74 Å². The second-order valence-corrected chi connectivity index (χ2v) is 8.13. The van der Waals surface area contributed by atoms with Crippen molar-refractivity contribution in [3.8, 4) is 5.75 Å². The Morgan fingerprint density at radius 2 is 1.46 bits per heavy atom. The average molecular weight is 357 g/mol. The zero-order valence-electron chi connectivity index (χ0n) is 15.7. The highest BCUT2D eigenvalue weighted by Gasteiger charge is 2.39. The third-order valence-electron chi connectivity index (χ3n) is 3.60. The number of hydrogen-bond acceptors (Lipinski definition) is 5. The molecular weight excluding hydrogens is 324 g/mol. The predicted octanol–water partition coefficient (Wildman–Crippen LogP) is 4.04. The minimum atomic E-state index is -2.53. The minimum Gasteiger partial charge on any atom is -0.465 e. The van der Waals surface area contributed by atoms with E-state index in [2.05, 4.69) is 12.1 Å². The number of benzene rings is 1. The summed E-state index contributed by atoms with van der Waals surface area (Å²) in [6.07, 6.45) is 1.69. The average Bonchev–Trinajstić information content (AvgIpc) is 2.57. The van der Waals surface area contributed by atoms with Crippen LogP contribution in [0.25, 0.3) is 0 Å². The second kappa shape index (κ2) is 11.6. The summed E-state index contributed by atoms with van der Waals surface area (Å²) in [6.45, 7) is 9.69. The van der Waals surface area contributed by atoms with Crippen LogP contribution in [0.1, 0.15) is 39.7 Å². The lowest BCUT2D eigenvalue weighted by molar-refractivity contribution is -0.0382. The summed E-state index contributed by atoms with van der Waals surface area (Å²) in [5, 5.41) is 0. The Bertz CT molecular complexity index is 421. The lowest BCUT2D eigenvalue weighted by Crippen LogP contribution is -2.46. The molecule has 0 radical (unpaired) electrons. The minimum absolute atomic E-state index is 0.244. The number of aryl methyl sites for hydroxylation is 1. The van der Waals surface area contributed by atoms with E-state index < -0.39 is 8.80 Å². The second-order valence-electron chi connectivity index (χ2n) is 5.40. The lowest BCUT2D eigenvalue weighted by atomic mass is 10.1. The fourth-order valence-corrected chi connectivity index (χ4v) is 5.10. The summed E-state index contributed by atoms with van der Waals surface area (Å²) >= 11 is 0. The van der Waals surface area contributed by atoms with Crippen molar-refractivity contribution in [3.05, 3.63) is 29.8 Å². The molecule has 0 amide bonds. The molecule has 1 aromatic carbocycles. The molecule has 0 heterocycles. The molecule has 1 rings (SSSR count). The van der Waals surface area contributed by atoms with E-state index in [-0.39, 0.29) is 6.29 Å². The van der Waals surface area contributed by atoms with Crippen molar-refractivity contribution in [1.29, 1.82) is 0 Å². The first kappa shape index (κ1) is 21.1. The first-order valence-electron chi connectivity index (χ1n) is 8.79. The van der Waals surface area contributed by atoms with Crippen molar-refractivity contribution in [2.75, 3.05) is 26.9 Å². The highest BCUT2D eigenvalue weighted by molar-refractivity contribution is 6.60. The summed E-state index contributed by atoms with van der Waals surface area (Å²) in [5.41, 5.74) is 1.26. The Labute approximate surface area is 147 Å². The molecule has 1 aromatic rings. The molecule has 138 valence electrons. The number of methoxy groups -OCH3 is 1. The summed E-state index contributed by atoms with van der Waals surface area (Å²) in [5.74, 6) is 0.815. The van der Waals surface area contributed by atoms with E-state index >= 15 is 0 Å². The molecule has 0 bridgehead atoms. The van der Waals surface area contributed by atoms with Crippen molar-refractivity contribution in [3.63, 3.8) is 0 Å². The molecule has 0 saturated heterocycles. The molecule has 0 aliphatic rings. The molecule has 0 fully saturated rings. The van der Waals surface area contributed by atoms with Gasteiger partial charge in [0.15, 0.2) is 6.29 Å². The highest BCUT2D eigenvalue weighted by atomic mass is 28.4. The van der Waals surface area contributed by atoms with Gasteiger partial charge in [0.25, 0.3) is 0 Å². The van der Waals surface area contributed by atoms with Crippen LogP contribution in [0.4, 0.5) is 0 Å². The zero-order valence-corrected chi connectivity index (χ0v) is 16.7. The monoisotopic (exact) mass is 356 g/mol. The Morgan fingerprint density at radius 3 is 1.92 bits per heavy atom. The maximum absolute atomic E-state index is 5.88. The van der Waals surface area contributed by atoms with E-state index in [4.69, 9.17) is 22.8 Å². The van der Waals surface area contributed by atoms with Gasteiger partial charge >= 0.3 is 8.80 Å². The molecule has 5 nitrogen and oxygen atoms in total. The Balaban J connectivity index is 2.54. The van der Waals surface area contributed by atoms with Gasteiger partial charge in [0.2, 0.25) is 0 Å². The van der Waals surface area contributed by atoms with Gasteiger partial charge in [-0.1, -0.05) is 12.1 Å². The topological polar surface area (TPSA) is 46.2 Å². The van der Waals surface area contributed by atoms with Crippen LogP contribution in [-0.2, 0) is 24.4 Å². The molecule has 0 N–H and O–H groups in total. The van der Waals surface area contributed by atoms with Gasteiger partial charge in [-0.05, 0) is 58.2 Å². The smallest absolute Gasteiger partial charge is 0.465 e. The van der Waals surface area contributed by atoms with Crippen molar-refractivity contribution >= 4 is 8.80 Å². The van der Waals surface area contributed by atoms with Crippen LogP contribution >= 0.6 is 0 Å². The quantitative estimate of drug-likeness (QED) is 0.394. The van der Waals surface area contributed by atoms with E-state index in [1.165, 1.54) is 5.56 Å². The van der Waals surface area contributed by atoms with Crippen LogP contribution in [0.5, 0.6) is 5.75 Å². The van der Waals surface area contributed by atoms with Gasteiger partial charge in [-0.15, -0.1) is 0 Å². The predicted molar refractivity (Wildman–Crippen MR) is 97.3 cm³/mol. The van der Waals surface area contributed by atoms with Gasteiger partial charge in [-0.25, -0.2) is 0 Å². The van der Waals surface area contributed by atoms with E-state index in [1.807, 2.05) is 39.8 Å². The summed E-state index contributed by atoms with van der Waals surface area (Å²) in [7, 11) is -0.899. The molecule has 1 atom stereocenters. The van der Waals surface area contributed by atoms with Gasteiger partial charge in [-0.3, -0.25) is 0 Å². The van der Waals surface area contributed by atoms with E-state index in [9.17, 15) is 0 Å². The fraction of sp³-hybridized carbons (Fsp3) is 0.667. The van der Waals surface area contributed by atoms with E-state index in [0.717, 1.165) is 24.6 Å². The molecule has 24 heavy (non-hydrogen) atoms. The molecule has 0 spiro atoms. The summed E-state index contributed by atoms with van der Waals surface area (Å²) in [4.78, 5) is 0. The Morgan fingerprint density at radius 1 is 0.917 bits per heavy atom. The van der Waals surface area contributed by atoms with Crippen molar-refractivity contribution in [2.45, 2.75) is 52.9 Å². The molecule has 0 aliphatic carbocycles. The lowest BCUT2D eigenvalue weighted by Gasteiger charge is -2.28. The molecule has 0 aliphatic heterocycles. The molecule has 6 heteroatoms. The largest absolute Gasteiger partial charge is 0.500 e. The van der Waals surface area contributed by atoms with Gasteiger partial charge in [0, 0.05) is 33.0 Å². The maximum atomic E-state index is 5.88. The summed E-state index contributed by atoms with van der Waals surface area (Å²) in [6, 6.07) is 8.96. The summed E-state index contributed by atoms with van der Waals surface area (Å²) < 4.78 is 28.3. The van der Waals surface area contributed by atoms with Crippen molar-refractivity contribution in [1.82, 2.24) is 0 Å². The van der Waals surface area contributed by atoms with Crippen molar-refractivity contribution < 1.29 is 22.8 Å². The Hall–Kier alpha value is -0.923. The number of ether oxygens (including phenoxy) is 2. The Kier molecular flexibility index (Phi) is 10.2. The maximum Gasteiger partial charge on any atom is 0.500 e. The van der Waals surface area contributed by atoms with Gasteiger partial charge in [0.1, 0.15) is 5.75 Å². The van der Waals surface area contributed by atoms with Gasteiger partial charge in [0.05, 0.1) is 0 Å². The third-order valence-corrected chi connectivity index (χ3v) is 6.75. The molecule has 1 unspecified atom stereocenters. The SMILES string of the molecule is CCO[Si](CCCc1ccc(OC(C)OC)cc1)(OCC)OCC. The first-order chi connectivity index (χ1) is 11.6. The van der Waals surface area contributed by atoms with E-state index in [1.54, 1.807) is 7.11 Å². The van der Waals surface area contributed by atoms with Crippen LogP contribution in [0.3, 0.4) is 0 Å². The van der Waals surface area contributed by atoms with E-state index in [0.29, 0.717) is 19.8 Å². The number of rotatable bonds is 13. The standard InChI is InChI=1S/C18H32O5Si/c1-6-20-24(21-7-2,22-8-3)15-9-10-17-11-13-18(14-12-17)23-16(4)19-5/h11-14,16H,6-10,15H2,1-5H3. The van der Waals surface area contributed by atoms with Crippen LogP contribution in [-0.4, -0.2) is 42.0 Å². The van der Waals surface area contributed by atoms with Crippen molar-refractivity contribution in [2.24, 2.45) is 0 Å². The van der Waals surface area contributed by atoms with Crippen LogP contribution in [0.2, 0.25) is 6.04 Å². The van der Waals surface area contributed by atoms with Crippen LogP contribution in [0.15, 0.2) is 24.3 Å². The number of hydrogen-bond donors (Lipinski definition) is 0. The zero-order chi connectivity index (χ0) is 17.8. The normalized spacial score (nSPS) is 13.0. The third kappa shape index (κ3) is 7.32. The highest BCUT2D eigenvalue weighted by Crippen LogP contribution is 2.21. The van der Waals surface area contributed by atoms with Crippen LogP contribution in [0, 0.1) is 0 Å². The van der Waals surface area contributed by atoms with Gasteiger partial charge < -0.3 is 22.8 Å². The molecular formula is C18H32O5Si. The van der Waals surface area contributed by atoms with Gasteiger partial charge in [-0.2, -0.15) is 0 Å². The fourth-order valence-electron chi connectivity index (χ4n) is 2.48. The molecule has 0 aromatic heterocycles. The first-order valence-corrected chi connectivity index (χ1v) is 10.7. The molecule has 0 saturated carbocycles.